The van der Waals surface area contributed by atoms with Crippen molar-refractivity contribution in [1.82, 2.24) is 13.9 Å². The molecule has 0 N–H and O–H groups in total. The van der Waals surface area contributed by atoms with Gasteiger partial charge < -0.3 is 9.47 Å². The van der Waals surface area contributed by atoms with Crippen LogP contribution in [-0.4, -0.2) is 55.7 Å². The topological polar surface area (TPSA) is 73.7 Å². The monoisotopic (exact) mass is 445 g/mol. The molecular weight excluding hydrogens is 422 g/mol. The maximum atomic E-state index is 12.9. The molecule has 158 valence electrons. The van der Waals surface area contributed by atoms with Crippen LogP contribution in [0.1, 0.15) is 5.56 Å². The largest absolute Gasteiger partial charge is 0.497 e. The standard InChI is InChI=1S/C21H23N3O4S2/c1-27-19-7-5-18(6-8-19)24-10-9-22-21(24)29-16-17-3-2-4-20(15-17)30(25,26)23-11-13-28-14-12-23/h2-10,15H,11-14,16H2,1H3. The molecule has 0 spiro atoms. The predicted octanol–water partition coefficient (Wildman–Crippen LogP) is 3.19. The molecule has 1 saturated heterocycles. The average Bonchev–Trinajstić information content (AvgIpc) is 3.27. The maximum absolute atomic E-state index is 12.9. The summed E-state index contributed by atoms with van der Waals surface area (Å²) in [6, 6.07) is 14.9. The zero-order chi connectivity index (χ0) is 21.0. The lowest BCUT2D eigenvalue weighted by Crippen LogP contribution is -2.40. The van der Waals surface area contributed by atoms with Gasteiger partial charge in [0.05, 0.1) is 25.2 Å². The first kappa shape index (κ1) is 20.9. The third-order valence-electron chi connectivity index (χ3n) is 4.83. The molecule has 0 aliphatic carbocycles. The lowest BCUT2D eigenvalue weighted by Gasteiger charge is -2.26. The van der Waals surface area contributed by atoms with Gasteiger partial charge in [-0.2, -0.15) is 4.31 Å². The minimum Gasteiger partial charge on any atom is -0.497 e. The molecule has 1 aromatic heterocycles. The second-order valence-corrected chi connectivity index (χ2v) is 9.61. The number of hydrogen-bond acceptors (Lipinski definition) is 6. The minimum atomic E-state index is -3.50. The Morgan fingerprint density at radius 3 is 2.63 bits per heavy atom. The molecule has 2 heterocycles. The van der Waals surface area contributed by atoms with Crippen LogP contribution in [0.3, 0.4) is 0 Å². The number of ether oxygens (including phenoxy) is 2. The van der Waals surface area contributed by atoms with Gasteiger partial charge in [0.2, 0.25) is 10.0 Å². The van der Waals surface area contributed by atoms with E-state index in [9.17, 15) is 8.42 Å². The Kier molecular flexibility index (Phi) is 6.43. The van der Waals surface area contributed by atoms with Crippen molar-refractivity contribution in [3.8, 4) is 11.4 Å². The van der Waals surface area contributed by atoms with Crippen LogP contribution in [-0.2, 0) is 20.5 Å². The lowest BCUT2D eigenvalue weighted by atomic mass is 10.2. The molecule has 0 bridgehead atoms. The first-order valence-electron chi connectivity index (χ1n) is 9.55. The summed E-state index contributed by atoms with van der Waals surface area (Å²) in [5.41, 5.74) is 1.91. The Morgan fingerprint density at radius 1 is 1.13 bits per heavy atom. The summed E-state index contributed by atoms with van der Waals surface area (Å²) in [6.45, 7) is 1.65. The Morgan fingerprint density at radius 2 is 1.90 bits per heavy atom. The first-order chi connectivity index (χ1) is 14.6. The van der Waals surface area contributed by atoms with Gasteiger partial charge in [0, 0.05) is 36.9 Å². The van der Waals surface area contributed by atoms with Gasteiger partial charge in [-0.25, -0.2) is 13.4 Å². The van der Waals surface area contributed by atoms with Crippen molar-refractivity contribution in [2.75, 3.05) is 33.4 Å². The van der Waals surface area contributed by atoms with Crippen LogP contribution in [0, 0.1) is 0 Å². The molecule has 0 saturated carbocycles. The molecular formula is C21H23N3O4S2. The van der Waals surface area contributed by atoms with Crippen LogP contribution in [0.4, 0.5) is 0 Å². The molecule has 1 aliphatic heterocycles. The van der Waals surface area contributed by atoms with Crippen LogP contribution in [0.5, 0.6) is 5.75 Å². The second-order valence-electron chi connectivity index (χ2n) is 6.73. The molecule has 0 amide bonds. The quantitative estimate of drug-likeness (QED) is 0.520. The number of morpholine rings is 1. The van der Waals surface area contributed by atoms with E-state index in [0.29, 0.717) is 37.0 Å². The van der Waals surface area contributed by atoms with E-state index in [2.05, 4.69) is 4.98 Å². The SMILES string of the molecule is COc1ccc(-n2ccnc2SCc2cccc(S(=O)(=O)N3CCOCC3)c2)cc1. The Labute approximate surface area is 180 Å². The van der Waals surface area contributed by atoms with Crippen molar-refractivity contribution >= 4 is 21.8 Å². The van der Waals surface area contributed by atoms with Crippen LogP contribution in [0.2, 0.25) is 0 Å². The summed E-state index contributed by atoms with van der Waals surface area (Å²) in [4.78, 5) is 4.77. The van der Waals surface area contributed by atoms with Crippen molar-refractivity contribution in [3.05, 3.63) is 66.5 Å². The summed E-state index contributed by atoms with van der Waals surface area (Å²) < 4.78 is 39.8. The van der Waals surface area contributed by atoms with Crippen LogP contribution < -0.4 is 4.74 Å². The Bertz CT molecular complexity index is 1090. The molecule has 9 heteroatoms. The van der Waals surface area contributed by atoms with Crippen molar-refractivity contribution in [2.45, 2.75) is 15.8 Å². The van der Waals surface area contributed by atoms with Crippen molar-refractivity contribution in [1.29, 1.82) is 0 Å². The normalized spacial score (nSPS) is 15.2. The minimum absolute atomic E-state index is 0.320. The van der Waals surface area contributed by atoms with Gasteiger partial charge in [-0.05, 0) is 42.0 Å². The Hall–Kier alpha value is -2.33. The van der Waals surface area contributed by atoms with Gasteiger partial charge in [0.15, 0.2) is 5.16 Å². The van der Waals surface area contributed by atoms with Gasteiger partial charge in [0.25, 0.3) is 0 Å². The molecule has 0 radical (unpaired) electrons. The smallest absolute Gasteiger partial charge is 0.243 e. The van der Waals surface area contributed by atoms with Crippen LogP contribution in [0.25, 0.3) is 5.69 Å². The van der Waals surface area contributed by atoms with E-state index in [1.165, 1.54) is 4.31 Å². The molecule has 3 aromatic rings. The summed E-state index contributed by atoms with van der Waals surface area (Å²) in [7, 11) is -1.86. The number of sulfonamides is 1. The second kappa shape index (κ2) is 9.22. The zero-order valence-corrected chi connectivity index (χ0v) is 18.2. The highest BCUT2D eigenvalue weighted by atomic mass is 32.2. The highest BCUT2D eigenvalue weighted by molar-refractivity contribution is 7.98. The summed E-state index contributed by atoms with van der Waals surface area (Å²) in [5, 5.41) is 0.835. The van der Waals surface area contributed by atoms with Crippen molar-refractivity contribution in [3.63, 3.8) is 0 Å². The van der Waals surface area contributed by atoms with Gasteiger partial charge in [-0.15, -0.1) is 0 Å². The van der Waals surface area contributed by atoms with E-state index in [1.807, 2.05) is 41.1 Å². The molecule has 1 aliphatic rings. The van der Waals surface area contributed by atoms with Gasteiger partial charge in [0.1, 0.15) is 5.75 Å². The summed E-state index contributed by atoms with van der Waals surface area (Å²) >= 11 is 1.56. The third-order valence-corrected chi connectivity index (χ3v) is 7.76. The van der Waals surface area contributed by atoms with E-state index < -0.39 is 10.0 Å². The fourth-order valence-corrected chi connectivity index (χ4v) is 5.61. The number of nitrogens with zero attached hydrogens (tertiary/aromatic N) is 3. The first-order valence-corrected chi connectivity index (χ1v) is 12.0. The van der Waals surface area contributed by atoms with E-state index in [4.69, 9.17) is 9.47 Å². The molecule has 2 aromatic carbocycles. The highest BCUT2D eigenvalue weighted by Crippen LogP contribution is 2.27. The number of thioether (sulfide) groups is 1. The number of imidazole rings is 1. The van der Waals surface area contributed by atoms with Crippen molar-refractivity contribution < 1.29 is 17.9 Å². The fourth-order valence-electron chi connectivity index (χ4n) is 3.22. The number of benzene rings is 2. The number of methoxy groups -OCH3 is 1. The molecule has 7 nitrogen and oxygen atoms in total. The zero-order valence-electron chi connectivity index (χ0n) is 16.6. The number of hydrogen-bond donors (Lipinski definition) is 0. The average molecular weight is 446 g/mol. The van der Waals surface area contributed by atoms with E-state index in [1.54, 1.807) is 43.3 Å². The summed E-state index contributed by atoms with van der Waals surface area (Å²) in [6.07, 6.45) is 3.66. The number of aromatic nitrogens is 2. The molecule has 4 rings (SSSR count). The van der Waals surface area contributed by atoms with E-state index >= 15 is 0 Å². The maximum Gasteiger partial charge on any atom is 0.243 e. The molecule has 0 atom stereocenters. The van der Waals surface area contributed by atoms with Gasteiger partial charge in [-0.1, -0.05) is 23.9 Å². The molecule has 0 unspecified atom stereocenters. The van der Waals surface area contributed by atoms with Crippen molar-refractivity contribution in [2.24, 2.45) is 0 Å². The Balaban J connectivity index is 1.49. The lowest BCUT2D eigenvalue weighted by molar-refractivity contribution is 0.0730. The third kappa shape index (κ3) is 4.54. The number of rotatable bonds is 7. The van der Waals surface area contributed by atoms with E-state index in [-0.39, 0.29) is 0 Å². The molecule has 1 fully saturated rings. The van der Waals surface area contributed by atoms with Gasteiger partial charge >= 0.3 is 0 Å². The predicted molar refractivity (Wildman–Crippen MR) is 116 cm³/mol. The summed E-state index contributed by atoms with van der Waals surface area (Å²) in [5.74, 6) is 1.41. The molecule has 30 heavy (non-hydrogen) atoms. The van der Waals surface area contributed by atoms with Gasteiger partial charge in [-0.3, -0.25) is 4.57 Å². The fraction of sp³-hybridized carbons (Fsp3) is 0.286. The van der Waals surface area contributed by atoms with Crippen LogP contribution >= 0.6 is 11.8 Å². The highest BCUT2D eigenvalue weighted by Gasteiger charge is 2.26. The van der Waals surface area contributed by atoms with Crippen LogP contribution in [0.15, 0.2) is 71.0 Å². The van der Waals surface area contributed by atoms with E-state index in [0.717, 1.165) is 22.2 Å².